The SMILES string of the molecule is CCc1ccc2sc(-c3cc4nccc(N[C@H]5CCC(COSN)C5)n4n3)cc2c1. The summed E-state index contributed by atoms with van der Waals surface area (Å²) in [5, 5.41) is 15.2. The van der Waals surface area contributed by atoms with E-state index in [0.29, 0.717) is 18.6 Å². The summed E-state index contributed by atoms with van der Waals surface area (Å²) < 4.78 is 8.54. The highest BCUT2D eigenvalue weighted by atomic mass is 32.2. The summed E-state index contributed by atoms with van der Waals surface area (Å²) in [5.41, 5.74) is 3.19. The lowest BCUT2D eigenvalue weighted by atomic mass is 10.1. The second-order valence-corrected chi connectivity index (χ2v) is 9.38. The smallest absolute Gasteiger partial charge is 0.157 e. The zero-order valence-electron chi connectivity index (χ0n) is 16.9. The largest absolute Gasteiger partial charge is 0.367 e. The van der Waals surface area contributed by atoms with Gasteiger partial charge in [0.15, 0.2) is 5.65 Å². The van der Waals surface area contributed by atoms with Crippen molar-refractivity contribution in [1.82, 2.24) is 14.6 Å². The molecule has 3 aromatic heterocycles. The lowest BCUT2D eigenvalue weighted by molar-refractivity contribution is 0.290. The topological polar surface area (TPSA) is 77.5 Å². The van der Waals surface area contributed by atoms with Crippen molar-refractivity contribution in [2.24, 2.45) is 11.1 Å². The molecule has 3 N–H and O–H groups in total. The molecule has 1 aliphatic rings. The fraction of sp³-hybridized carbons (Fsp3) is 0.364. The van der Waals surface area contributed by atoms with Crippen LogP contribution in [0.4, 0.5) is 5.82 Å². The number of benzene rings is 1. The first-order chi connectivity index (χ1) is 14.7. The quantitative estimate of drug-likeness (QED) is 0.301. The van der Waals surface area contributed by atoms with Crippen LogP contribution in [0.2, 0.25) is 0 Å². The number of nitrogens with two attached hydrogens (primary N) is 1. The van der Waals surface area contributed by atoms with Gasteiger partial charge in [-0.2, -0.15) is 9.61 Å². The van der Waals surface area contributed by atoms with Crippen molar-refractivity contribution in [3.63, 3.8) is 0 Å². The number of anilines is 1. The van der Waals surface area contributed by atoms with Crippen molar-refractivity contribution in [3.8, 4) is 10.6 Å². The van der Waals surface area contributed by atoms with E-state index in [1.165, 1.54) is 20.5 Å². The molecule has 30 heavy (non-hydrogen) atoms. The van der Waals surface area contributed by atoms with Crippen molar-refractivity contribution in [2.45, 2.75) is 38.6 Å². The molecule has 0 amide bonds. The molecule has 5 rings (SSSR count). The fourth-order valence-corrected chi connectivity index (χ4v) is 5.54. The maximum Gasteiger partial charge on any atom is 0.157 e. The Kier molecular flexibility index (Phi) is 5.64. The Bertz CT molecular complexity index is 1170. The molecule has 1 aliphatic carbocycles. The Labute approximate surface area is 184 Å². The molecule has 3 heterocycles. The predicted octanol–water partition coefficient (Wildman–Crippen LogP) is 5.29. The highest BCUT2D eigenvalue weighted by Crippen LogP contribution is 2.34. The van der Waals surface area contributed by atoms with Crippen LogP contribution in [0.25, 0.3) is 26.3 Å². The summed E-state index contributed by atoms with van der Waals surface area (Å²) in [7, 11) is 0. The molecule has 4 aromatic rings. The third-order valence-corrected chi connectivity index (χ3v) is 7.28. The van der Waals surface area contributed by atoms with Gasteiger partial charge in [-0.1, -0.05) is 19.1 Å². The summed E-state index contributed by atoms with van der Waals surface area (Å²) in [5.74, 6) is 1.54. The highest BCUT2D eigenvalue weighted by molar-refractivity contribution is 7.92. The molecule has 156 valence electrons. The molecule has 0 radical (unpaired) electrons. The van der Waals surface area contributed by atoms with Gasteiger partial charge in [0.25, 0.3) is 0 Å². The first-order valence-electron chi connectivity index (χ1n) is 10.4. The molecule has 2 atom stereocenters. The Morgan fingerprint density at radius 2 is 2.20 bits per heavy atom. The van der Waals surface area contributed by atoms with E-state index in [4.69, 9.17) is 14.4 Å². The Hall–Kier alpha value is -2.13. The van der Waals surface area contributed by atoms with Gasteiger partial charge in [-0.25, -0.2) is 4.98 Å². The van der Waals surface area contributed by atoms with Crippen LogP contribution in [0.3, 0.4) is 0 Å². The molecule has 8 heteroatoms. The molecule has 0 aliphatic heterocycles. The molecule has 1 saturated carbocycles. The van der Waals surface area contributed by atoms with E-state index in [0.717, 1.165) is 55.1 Å². The van der Waals surface area contributed by atoms with Gasteiger partial charge >= 0.3 is 0 Å². The summed E-state index contributed by atoms with van der Waals surface area (Å²) in [4.78, 5) is 5.70. The second-order valence-electron chi connectivity index (χ2n) is 7.87. The van der Waals surface area contributed by atoms with Gasteiger partial charge in [-0.05, 0) is 60.7 Å². The van der Waals surface area contributed by atoms with Crippen molar-refractivity contribution in [1.29, 1.82) is 0 Å². The van der Waals surface area contributed by atoms with Crippen LogP contribution >= 0.6 is 23.6 Å². The van der Waals surface area contributed by atoms with Crippen molar-refractivity contribution in [3.05, 3.63) is 48.2 Å². The van der Waals surface area contributed by atoms with E-state index in [-0.39, 0.29) is 0 Å². The summed E-state index contributed by atoms with van der Waals surface area (Å²) in [6, 6.07) is 13.4. The maximum absolute atomic E-state index is 5.38. The van der Waals surface area contributed by atoms with Crippen LogP contribution in [0.5, 0.6) is 0 Å². The Balaban J connectivity index is 1.40. The lowest BCUT2D eigenvalue weighted by Gasteiger charge is -2.15. The average Bonchev–Trinajstić information content (AvgIpc) is 3.49. The van der Waals surface area contributed by atoms with Gasteiger partial charge in [0, 0.05) is 23.0 Å². The zero-order chi connectivity index (χ0) is 20.5. The minimum atomic E-state index is 0.413. The minimum absolute atomic E-state index is 0.413. The normalized spacial score (nSPS) is 19.1. The van der Waals surface area contributed by atoms with Crippen molar-refractivity contribution in [2.75, 3.05) is 11.9 Å². The molecule has 1 unspecified atom stereocenters. The molecular formula is C22H25N5OS2. The molecule has 1 fully saturated rings. The number of aryl methyl sites for hydroxylation is 1. The monoisotopic (exact) mass is 439 g/mol. The van der Waals surface area contributed by atoms with Gasteiger partial charge in [0.1, 0.15) is 11.5 Å². The summed E-state index contributed by atoms with van der Waals surface area (Å²) in [6.45, 7) is 2.90. The van der Waals surface area contributed by atoms with E-state index in [1.807, 2.05) is 16.8 Å². The van der Waals surface area contributed by atoms with Crippen LogP contribution in [0.15, 0.2) is 42.6 Å². The van der Waals surface area contributed by atoms with E-state index in [9.17, 15) is 0 Å². The fourth-order valence-electron chi connectivity index (χ4n) is 4.27. The number of rotatable bonds is 7. The molecule has 0 saturated heterocycles. The van der Waals surface area contributed by atoms with Crippen LogP contribution in [0, 0.1) is 5.92 Å². The second kappa shape index (κ2) is 8.55. The van der Waals surface area contributed by atoms with Crippen LogP contribution in [0.1, 0.15) is 31.7 Å². The molecule has 6 nitrogen and oxygen atoms in total. The first-order valence-corrected chi connectivity index (χ1v) is 12.0. The zero-order valence-corrected chi connectivity index (χ0v) is 18.5. The number of nitrogens with one attached hydrogen (secondary N) is 1. The predicted molar refractivity (Wildman–Crippen MR) is 126 cm³/mol. The Morgan fingerprint density at radius 1 is 1.27 bits per heavy atom. The first kappa shape index (κ1) is 19.8. The minimum Gasteiger partial charge on any atom is -0.367 e. The molecule has 0 spiro atoms. The van der Waals surface area contributed by atoms with Gasteiger partial charge < -0.3 is 9.50 Å². The average molecular weight is 440 g/mol. The highest BCUT2D eigenvalue weighted by Gasteiger charge is 2.25. The number of aromatic nitrogens is 3. The molecular weight excluding hydrogens is 414 g/mol. The van der Waals surface area contributed by atoms with E-state index in [2.05, 4.69) is 47.6 Å². The third kappa shape index (κ3) is 3.92. The number of fused-ring (bicyclic) bond motifs is 2. The van der Waals surface area contributed by atoms with Crippen molar-refractivity contribution >= 4 is 45.1 Å². The summed E-state index contributed by atoms with van der Waals surface area (Å²) >= 11 is 2.74. The number of hydrogen-bond acceptors (Lipinski definition) is 7. The van der Waals surface area contributed by atoms with Gasteiger partial charge in [0.05, 0.1) is 23.7 Å². The van der Waals surface area contributed by atoms with E-state index in [1.54, 1.807) is 11.3 Å². The van der Waals surface area contributed by atoms with Gasteiger partial charge in [0.2, 0.25) is 0 Å². The standard InChI is InChI=1S/C22H25N5OS2/c1-2-14-4-6-19-16(9-14)11-20(29-19)18-12-22-24-8-7-21(27(22)26-18)25-17-5-3-15(10-17)13-28-30-23/h4,6-9,11-12,15,17,25H,2-3,5,10,13,23H2,1H3/t15?,17-/m0/s1. The van der Waals surface area contributed by atoms with Crippen molar-refractivity contribution < 1.29 is 4.18 Å². The lowest BCUT2D eigenvalue weighted by Crippen LogP contribution is -2.18. The van der Waals surface area contributed by atoms with Crippen LogP contribution in [-0.2, 0) is 10.6 Å². The number of hydrogen-bond donors (Lipinski definition) is 2. The maximum atomic E-state index is 5.38. The molecule has 1 aromatic carbocycles. The third-order valence-electron chi connectivity index (χ3n) is 5.86. The summed E-state index contributed by atoms with van der Waals surface area (Å²) in [6.07, 6.45) is 6.25. The number of nitrogens with zero attached hydrogens (tertiary/aromatic N) is 3. The van der Waals surface area contributed by atoms with E-state index < -0.39 is 0 Å². The van der Waals surface area contributed by atoms with Gasteiger partial charge in [-0.15, -0.1) is 11.3 Å². The van der Waals surface area contributed by atoms with Crippen LogP contribution < -0.4 is 10.5 Å². The Morgan fingerprint density at radius 3 is 3.07 bits per heavy atom. The van der Waals surface area contributed by atoms with Gasteiger partial charge in [-0.3, -0.25) is 5.14 Å². The van der Waals surface area contributed by atoms with Crippen LogP contribution in [-0.4, -0.2) is 27.2 Å². The van der Waals surface area contributed by atoms with E-state index >= 15 is 0 Å². The molecule has 0 bridgehead atoms. The number of thiophene rings is 1.